The molecule has 0 fully saturated rings. The molecule has 28 heavy (non-hydrogen) atoms. The minimum Gasteiger partial charge on any atom is -0.275 e. The number of aromatic nitrogens is 4. The van der Waals surface area contributed by atoms with Crippen molar-refractivity contribution in [1.82, 2.24) is 19.6 Å². The summed E-state index contributed by atoms with van der Waals surface area (Å²) < 4.78 is 3.97. The standard InChI is InChI=1S/C24H32N4/c1-18(2)24-14-20(4)28(26-24)17-23-9-7-6-8-22(23)13-11-19(3)10-12-21-15-25-27(5)16-21/h6-10,12,14-16,18-19H,11,13,17H2,1-5H3/b12-10+. The molecule has 1 atom stereocenters. The Bertz CT molecular complexity index is 930. The highest BCUT2D eigenvalue weighted by molar-refractivity contribution is 5.46. The molecule has 1 unspecified atom stereocenters. The van der Waals surface area contributed by atoms with Crippen LogP contribution in [0.1, 0.15) is 61.2 Å². The van der Waals surface area contributed by atoms with E-state index in [1.54, 1.807) is 0 Å². The zero-order valence-electron chi connectivity index (χ0n) is 17.8. The van der Waals surface area contributed by atoms with Crippen LogP contribution in [0.4, 0.5) is 0 Å². The zero-order chi connectivity index (χ0) is 20.1. The Hall–Kier alpha value is -2.62. The molecule has 0 spiro atoms. The fraction of sp³-hybridized carbons (Fsp3) is 0.417. The molecule has 0 aliphatic heterocycles. The van der Waals surface area contributed by atoms with Gasteiger partial charge in [0.05, 0.1) is 18.4 Å². The van der Waals surface area contributed by atoms with Crippen LogP contribution in [-0.4, -0.2) is 19.6 Å². The summed E-state index contributed by atoms with van der Waals surface area (Å²) in [4.78, 5) is 0. The predicted molar refractivity (Wildman–Crippen MR) is 116 cm³/mol. The van der Waals surface area contributed by atoms with Gasteiger partial charge in [-0.25, -0.2) is 0 Å². The lowest BCUT2D eigenvalue weighted by atomic mass is 9.97. The van der Waals surface area contributed by atoms with Crippen molar-refractivity contribution in [3.05, 3.63) is 76.9 Å². The number of benzene rings is 1. The second kappa shape index (κ2) is 9.05. The zero-order valence-corrected chi connectivity index (χ0v) is 17.8. The summed E-state index contributed by atoms with van der Waals surface area (Å²) in [5, 5.41) is 9.02. The first-order chi connectivity index (χ1) is 13.4. The number of hydrogen-bond donors (Lipinski definition) is 0. The van der Waals surface area contributed by atoms with Gasteiger partial charge in [0.25, 0.3) is 0 Å². The van der Waals surface area contributed by atoms with Crippen molar-refractivity contribution in [2.75, 3.05) is 0 Å². The SMILES string of the molecule is Cc1cc(C(C)C)nn1Cc1ccccc1CCC(C)/C=C/c1cnn(C)c1. The molecule has 0 aliphatic rings. The molecule has 3 aromatic rings. The third-order valence-electron chi connectivity index (χ3n) is 5.24. The molecule has 2 aromatic heterocycles. The van der Waals surface area contributed by atoms with Gasteiger partial charge in [-0.3, -0.25) is 9.36 Å². The van der Waals surface area contributed by atoms with Gasteiger partial charge in [-0.1, -0.05) is 57.2 Å². The third-order valence-corrected chi connectivity index (χ3v) is 5.24. The molecule has 0 amide bonds. The number of rotatable bonds is 8. The lowest BCUT2D eigenvalue weighted by Crippen LogP contribution is -2.07. The van der Waals surface area contributed by atoms with Crippen LogP contribution in [0.3, 0.4) is 0 Å². The van der Waals surface area contributed by atoms with E-state index in [2.05, 4.69) is 80.0 Å². The van der Waals surface area contributed by atoms with E-state index in [1.165, 1.54) is 22.5 Å². The van der Waals surface area contributed by atoms with Gasteiger partial charge in [-0.15, -0.1) is 0 Å². The normalized spacial score (nSPS) is 12.9. The van der Waals surface area contributed by atoms with Crippen LogP contribution in [0.5, 0.6) is 0 Å². The Morgan fingerprint density at radius 2 is 1.86 bits per heavy atom. The van der Waals surface area contributed by atoms with Crippen LogP contribution in [0.2, 0.25) is 0 Å². The summed E-state index contributed by atoms with van der Waals surface area (Å²) in [5.74, 6) is 0.981. The Balaban J connectivity index is 1.64. The summed E-state index contributed by atoms with van der Waals surface area (Å²) >= 11 is 0. The van der Waals surface area contributed by atoms with Gasteiger partial charge in [0.15, 0.2) is 0 Å². The quantitative estimate of drug-likeness (QED) is 0.529. The molecule has 0 radical (unpaired) electrons. The average Bonchev–Trinajstić information content (AvgIpc) is 3.25. The van der Waals surface area contributed by atoms with Gasteiger partial charge in [0.1, 0.15) is 0 Å². The highest BCUT2D eigenvalue weighted by atomic mass is 15.3. The second-order valence-corrected chi connectivity index (χ2v) is 8.11. The highest BCUT2D eigenvalue weighted by Crippen LogP contribution is 2.19. The van der Waals surface area contributed by atoms with Crippen LogP contribution < -0.4 is 0 Å². The first-order valence-corrected chi connectivity index (χ1v) is 10.2. The molecule has 2 heterocycles. The number of aryl methyl sites for hydroxylation is 3. The molecule has 1 aromatic carbocycles. The van der Waals surface area contributed by atoms with E-state index < -0.39 is 0 Å². The second-order valence-electron chi connectivity index (χ2n) is 8.11. The smallest absolute Gasteiger partial charge is 0.0665 e. The van der Waals surface area contributed by atoms with Crippen LogP contribution in [0.15, 0.2) is 48.8 Å². The van der Waals surface area contributed by atoms with Gasteiger partial charge in [0, 0.05) is 24.5 Å². The summed E-state index contributed by atoms with van der Waals surface area (Å²) in [7, 11) is 1.95. The molecule has 4 heteroatoms. The summed E-state index contributed by atoms with van der Waals surface area (Å²) in [5.41, 5.74) is 6.35. The lowest BCUT2D eigenvalue weighted by Gasteiger charge is -2.12. The first-order valence-electron chi connectivity index (χ1n) is 10.2. The van der Waals surface area contributed by atoms with Crippen molar-refractivity contribution in [3.8, 4) is 0 Å². The Morgan fingerprint density at radius 3 is 2.50 bits per heavy atom. The molecule has 0 N–H and O–H groups in total. The van der Waals surface area contributed by atoms with Crippen molar-refractivity contribution in [2.24, 2.45) is 13.0 Å². The van der Waals surface area contributed by atoms with Gasteiger partial charge in [-0.05, 0) is 48.8 Å². The summed E-state index contributed by atoms with van der Waals surface area (Å²) in [6, 6.07) is 11.0. The Kier molecular flexibility index (Phi) is 6.50. The average molecular weight is 377 g/mol. The van der Waals surface area contributed by atoms with E-state index in [1.807, 2.05) is 24.1 Å². The van der Waals surface area contributed by atoms with E-state index in [4.69, 9.17) is 5.10 Å². The molecule has 3 rings (SSSR count). The first kappa shape index (κ1) is 20.1. The maximum Gasteiger partial charge on any atom is 0.0665 e. The minimum absolute atomic E-state index is 0.461. The lowest BCUT2D eigenvalue weighted by molar-refractivity contribution is 0.621. The van der Waals surface area contributed by atoms with E-state index >= 15 is 0 Å². The fourth-order valence-corrected chi connectivity index (χ4v) is 3.38. The number of nitrogens with zero attached hydrogens (tertiary/aromatic N) is 4. The Labute approximate surface area is 168 Å². The van der Waals surface area contributed by atoms with E-state index in [0.717, 1.165) is 24.9 Å². The number of hydrogen-bond acceptors (Lipinski definition) is 2. The van der Waals surface area contributed by atoms with Gasteiger partial charge in [-0.2, -0.15) is 10.2 Å². The molecule has 0 saturated heterocycles. The molecular formula is C24H32N4. The molecule has 4 nitrogen and oxygen atoms in total. The van der Waals surface area contributed by atoms with Crippen molar-refractivity contribution < 1.29 is 0 Å². The van der Waals surface area contributed by atoms with Crippen molar-refractivity contribution in [2.45, 2.75) is 53.0 Å². The van der Waals surface area contributed by atoms with Crippen molar-refractivity contribution in [1.29, 1.82) is 0 Å². The van der Waals surface area contributed by atoms with Crippen molar-refractivity contribution in [3.63, 3.8) is 0 Å². The predicted octanol–water partition coefficient (Wildman–Crippen LogP) is 5.38. The van der Waals surface area contributed by atoms with E-state index in [0.29, 0.717) is 11.8 Å². The fourth-order valence-electron chi connectivity index (χ4n) is 3.38. The van der Waals surface area contributed by atoms with Gasteiger partial charge < -0.3 is 0 Å². The van der Waals surface area contributed by atoms with Crippen LogP contribution in [-0.2, 0) is 20.0 Å². The molecule has 0 aliphatic carbocycles. The molecule has 0 saturated carbocycles. The maximum absolute atomic E-state index is 4.80. The topological polar surface area (TPSA) is 35.6 Å². The molecule has 148 valence electrons. The van der Waals surface area contributed by atoms with Gasteiger partial charge >= 0.3 is 0 Å². The largest absolute Gasteiger partial charge is 0.275 e. The highest BCUT2D eigenvalue weighted by Gasteiger charge is 2.10. The Morgan fingerprint density at radius 1 is 1.11 bits per heavy atom. The monoisotopic (exact) mass is 376 g/mol. The van der Waals surface area contributed by atoms with Gasteiger partial charge in [0.2, 0.25) is 0 Å². The minimum atomic E-state index is 0.461. The summed E-state index contributed by atoms with van der Waals surface area (Å²) in [6.07, 6.45) is 10.6. The van der Waals surface area contributed by atoms with Crippen LogP contribution in [0, 0.1) is 12.8 Å². The van der Waals surface area contributed by atoms with Crippen LogP contribution in [0.25, 0.3) is 6.08 Å². The molecular weight excluding hydrogens is 344 g/mol. The van der Waals surface area contributed by atoms with Crippen LogP contribution >= 0.6 is 0 Å². The maximum atomic E-state index is 4.80. The van der Waals surface area contributed by atoms with Crippen molar-refractivity contribution >= 4 is 6.08 Å². The third kappa shape index (κ3) is 5.22. The van der Waals surface area contributed by atoms with E-state index in [-0.39, 0.29) is 0 Å². The molecule has 0 bridgehead atoms. The number of allylic oxidation sites excluding steroid dienone is 1. The van der Waals surface area contributed by atoms with E-state index in [9.17, 15) is 0 Å². The summed E-state index contributed by atoms with van der Waals surface area (Å²) in [6.45, 7) is 9.66.